The van der Waals surface area contributed by atoms with Gasteiger partial charge in [-0.2, -0.15) is 4.68 Å². The number of carbonyl (C=O) groups is 1. The van der Waals surface area contributed by atoms with Gasteiger partial charge in [0.05, 0.1) is 24.7 Å². The first-order chi connectivity index (χ1) is 10.7. The van der Waals surface area contributed by atoms with Crippen LogP contribution in [0.3, 0.4) is 0 Å². The Hall–Kier alpha value is -1.64. The number of aromatic nitrogens is 4. The Bertz CT molecular complexity index is 642. The summed E-state index contributed by atoms with van der Waals surface area (Å²) >= 11 is 7.19. The summed E-state index contributed by atoms with van der Waals surface area (Å²) in [5, 5.41) is 12.8. The minimum absolute atomic E-state index is 0.0685. The van der Waals surface area contributed by atoms with Crippen molar-refractivity contribution in [2.75, 3.05) is 32.1 Å². The number of ether oxygens (including phenoxy) is 1. The Balaban J connectivity index is 1.65. The first-order valence-electron chi connectivity index (χ1n) is 6.77. The average molecular weight is 340 g/mol. The summed E-state index contributed by atoms with van der Waals surface area (Å²) in [6.07, 6.45) is 0. The van der Waals surface area contributed by atoms with E-state index in [1.54, 1.807) is 21.7 Å². The maximum atomic E-state index is 12.1. The van der Waals surface area contributed by atoms with Crippen molar-refractivity contribution >= 4 is 29.3 Å². The van der Waals surface area contributed by atoms with Crippen molar-refractivity contribution in [2.24, 2.45) is 0 Å². The minimum Gasteiger partial charge on any atom is -0.378 e. The molecule has 0 bridgehead atoms. The Kier molecular flexibility index (Phi) is 4.91. The molecule has 1 fully saturated rings. The van der Waals surface area contributed by atoms with Gasteiger partial charge in [0.2, 0.25) is 11.1 Å². The van der Waals surface area contributed by atoms with E-state index in [9.17, 15) is 4.79 Å². The molecule has 2 heterocycles. The lowest BCUT2D eigenvalue weighted by atomic mass is 10.3. The maximum Gasteiger partial charge on any atom is 0.233 e. The van der Waals surface area contributed by atoms with E-state index in [2.05, 4.69) is 15.5 Å². The summed E-state index contributed by atoms with van der Waals surface area (Å²) in [5.74, 6) is 0.368. The van der Waals surface area contributed by atoms with Gasteiger partial charge in [-0.15, -0.1) is 5.10 Å². The first-order valence-corrected chi connectivity index (χ1v) is 8.13. The molecule has 9 heteroatoms. The molecule has 0 aliphatic carbocycles. The van der Waals surface area contributed by atoms with Gasteiger partial charge in [0.1, 0.15) is 0 Å². The third-order valence-corrected chi connectivity index (χ3v) is 4.36. The number of carbonyl (C=O) groups excluding carboxylic acids is 1. The molecule has 0 radical (unpaired) electrons. The highest BCUT2D eigenvalue weighted by Crippen LogP contribution is 2.20. The fourth-order valence-corrected chi connectivity index (χ4v) is 2.96. The average Bonchev–Trinajstić information content (AvgIpc) is 3.02. The van der Waals surface area contributed by atoms with Crippen molar-refractivity contribution in [3.8, 4) is 5.69 Å². The lowest BCUT2D eigenvalue weighted by molar-refractivity contribution is -0.132. The van der Waals surface area contributed by atoms with E-state index in [0.717, 1.165) is 5.69 Å². The molecule has 1 saturated heterocycles. The predicted octanol–water partition coefficient (Wildman–Crippen LogP) is 1.27. The highest BCUT2D eigenvalue weighted by molar-refractivity contribution is 7.99. The summed E-state index contributed by atoms with van der Waals surface area (Å²) < 4.78 is 6.83. The molecular formula is C13H14ClN5O2S. The third-order valence-electron chi connectivity index (χ3n) is 3.20. The number of thioether (sulfide) groups is 1. The van der Waals surface area contributed by atoms with Crippen LogP contribution < -0.4 is 0 Å². The molecule has 116 valence electrons. The Morgan fingerprint density at radius 3 is 2.73 bits per heavy atom. The molecule has 1 aliphatic rings. The molecule has 1 amide bonds. The zero-order chi connectivity index (χ0) is 15.4. The highest BCUT2D eigenvalue weighted by Gasteiger charge is 2.18. The van der Waals surface area contributed by atoms with Crippen LogP contribution in [-0.2, 0) is 9.53 Å². The van der Waals surface area contributed by atoms with Gasteiger partial charge in [-0.1, -0.05) is 23.4 Å². The van der Waals surface area contributed by atoms with E-state index in [-0.39, 0.29) is 5.91 Å². The van der Waals surface area contributed by atoms with Crippen LogP contribution in [-0.4, -0.2) is 63.1 Å². The van der Waals surface area contributed by atoms with Crippen LogP contribution in [0.4, 0.5) is 0 Å². The zero-order valence-electron chi connectivity index (χ0n) is 11.7. The number of nitrogens with zero attached hydrogens (tertiary/aromatic N) is 5. The number of hydrogen-bond donors (Lipinski definition) is 0. The van der Waals surface area contributed by atoms with Gasteiger partial charge in [0.15, 0.2) is 0 Å². The first kappa shape index (κ1) is 15.3. The van der Waals surface area contributed by atoms with Crippen LogP contribution in [0.1, 0.15) is 0 Å². The van der Waals surface area contributed by atoms with Crippen LogP contribution in [0.15, 0.2) is 29.4 Å². The van der Waals surface area contributed by atoms with Gasteiger partial charge in [-0.05, 0) is 34.7 Å². The van der Waals surface area contributed by atoms with Crippen LogP contribution in [0.5, 0.6) is 0 Å². The molecule has 0 spiro atoms. The van der Waals surface area contributed by atoms with Gasteiger partial charge < -0.3 is 9.64 Å². The number of halogens is 1. The summed E-state index contributed by atoms with van der Waals surface area (Å²) in [6, 6.07) is 7.19. The third kappa shape index (κ3) is 3.57. The van der Waals surface area contributed by atoms with Gasteiger partial charge in [0, 0.05) is 18.1 Å². The predicted molar refractivity (Wildman–Crippen MR) is 82.3 cm³/mol. The second kappa shape index (κ2) is 7.08. The lowest BCUT2D eigenvalue weighted by Crippen LogP contribution is -2.41. The quantitative estimate of drug-likeness (QED) is 0.781. The minimum atomic E-state index is 0.0685. The van der Waals surface area contributed by atoms with E-state index >= 15 is 0 Å². The smallest absolute Gasteiger partial charge is 0.233 e. The second-order valence-electron chi connectivity index (χ2n) is 4.63. The molecular weight excluding hydrogens is 326 g/mol. The van der Waals surface area contributed by atoms with Crippen LogP contribution >= 0.6 is 23.4 Å². The van der Waals surface area contributed by atoms with Crippen LogP contribution in [0.25, 0.3) is 5.69 Å². The Labute approximate surface area is 136 Å². The van der Waals surface area contributed by atoms with Crippen LogP contribution in [0, 0.1) is 0 Å². The number of tetrazole rings is 1. The highest BCUT2D eigenvalue weighted by atomic mass is 35.5. The zero-order valence-corrected chi connectivity index (χ0v) is 13.3. The van der Waals surface area contributed by atoms with E-state index in [4.69, 9.17) is 16.3 Å². The number of benzene rings is 1. The number of hydrogen-bond acceptors (Lipinski definition) is 6. The molecule has 0 saturated carbocycles. The molecule has 1 aromatic heterocycles. The van der Waals surface area contributed by atoms with Crippen molar-refractivity contribution in [2.45, 2.75) is 5.16 Å². The topological polar surface area (TPSA) is 73.1 Å². The summed E-state index contributed by atoms with van der Waals surface area (Å²) in [7, 11) is 0. The van der Waals surface area contributed by atoms with Crippen molar-refractivity contribution in [3.05, 3.63) is 29.3 Å². The summed E-state index contributed by atoms with van der Waals surface area (Å²) in [5.41, 5.74) is 0.802. The SMILES string of the molecule is O=C(CSc1nnnn1-c1ccc(Cl)cc1)N1CCOCC1. The Morgan fingerprint density at radius 1 is 1.27 bits per heavy atom. The second-order valence-corrected chi connectivity index (χ2v) is 6.01. The van der Waals surface area contributed by atoms with Gasteiger partial charge in [-0.3, -0.25) is 4.79 Å². The van der Waals surface area contributed by atoms with Crippen molar-refractivity contribution in [1.82, 2.24) is 25.1 Å². The fourth-order valence-electron chi connectivity index (χ4n) is 2.04. The largest absolute Gasteiger partial charge is 0.378 e. The molecule has 7 nitrogen and oxygen atoms in total. The molecule has 1 aliphatic heterocycles. The lowest BCUT2D eigenvalue weighted by Gasteiger charge is -2.26. The monoisotopic (exact) mass is 339 g/mol. The van der Waals surface area contributed by atoms with E-state index in [0.29, 0.717) is 42.2 Å². The number of rotatable bonds is 4. The molecule has 22 heavy (non-hydrogen) atoms. The Morgan fingerprint density at radius 2 is 2.00 bits per heavy atom. The molecule has 0 N–H and O–H groups in total. The normalized spacial score (nSPS) is 15.0. The van der Waals surface area contributed by atoms with Crippen LogP contribution in [0.2, 0.25) is 5.02 Å². The number of amides is 1. The molecule has 0 atom stereocenters. The fraction of sp³-hybridized carbons (Fsp3) is 0.385. The van der Waals surface area contributed by atoms with Gasteiger partial charge in [0.25, 0.3) is 0 Å². The summed E-state index contributed by atoms with van der Waals surface area (Å²) in [6.45, 7) is 2.47. The molecule has 1 aromatic carbocycles. The standard InChI is InChI=1S/C13H14ClN5O2S/c14-10-1-3-11(4-2-10)19-13(15-16-17-19)22-9-12(20)18-5-7-21-8-6-18/h1-4H,5-9H2. The van der Waals surface area contributed by atoms with E-state index in [1.807, 2.05) is 12.1 Å². The van der Waals surface area contributed by atoms with Gasteiger partial charge in [-0.25, -0.2) is 0 Å². The van der Waals surface area contributed by atoms with Gasteiger partial charge >= 0.3 is 0 Å². The number of morpholine rings is 1. The molecule has 0 unspecified atom stereocenters. The maximum absolute atomic E-state index is 12.1. The van der Waals surface area contributed by atoms with Crippen molar-refractivity contribution in [1.29, 1.82) is 0 Å². The van der Waals surface area contributed by atoms with E-state index < -0.39 is 0 Å². The molecule has 3 rings (SSSR count). The summed E-state index contributed by atoms with van der Waals surface area (Å²) in [4.78, 5) is 13.9. The molecule has 2 aromatic rings. The van der Waals surface area contributed by atoms with Crippen molar-refractivity contribution < 1.29 is 9.53 Å². The van der Waals surface area contributed by atoms with Crippen molar-refractivity contribution in [3.63, 3.8) is 0 Å². The van der Waals surface area contributed by atoms with E-state index in [1.165, 1.54) is 11.8 Å².